The quantitative estimate of drug-likeness (QED) is 0.148. The Balaban J connectivity index is 1.03. The van der Waals surface area contributed by atoms with Gasteiger partial charge in [-0.1, -0.05) is 218 Å². The van der Waals surface area contributed by atoms with Crippen LogP contribution in [0, 0.1) is 0 Å². The predicted molar refractivity (Wildman–Crippen MR) is 354 cm³/mol. The van der Waals surface area contributed by atoms with Gasteiger partial charge in [-0.3, -0.25) is 0 Å². The van der Waals surface area contributed by atoms with E-state index in [1.807, 2.05) is 0 Å². The molecule has 3 aromatic heterocycles. The first-order valence-electron chi connectivity index (χ1n) is 29.0. The van der Waals surface area contributed by atoms with Crippen LogP contribution in [0.1, 0.15) is 0 Å². The third-order valence-electron chi connectivity index (χ3n) is 17.9. The summed E-state index contributed by atoms with van der Waals surface area (Å²) in [6.45, 7) is -0.132. The number of rotatable bonds is 7. The third kappa shape index (κ3) is 6.73. The highest BCUT2D eigenvalue weighted by Crippen LogP contribution is 2.50. The Labute approximate surface area is 486 Å². The van der Waals surface area contributed by atoms with Crippen LogP contribution in [0.5, 0.6) is 0 Å². The van der Waals surface area contributed by atoms with Crippen LogP contribution in [-0.2, 0) is 0 Å². The minimum atomic E-state index is -0.132. The molecule has 0 N–H and O–H groups in total. The van der Waals surface area contributed by atoms with E-state index in [-0.39, 0.29) is 6.71 Å². The summed E-state index contributed by atoms with van der Waals surface area (Å²) < 4.78 is 7.52. The minimum Gasteiger partial charge on any atom is -0.311 e. The standard InChI is InChI=1S/C78H50BN5/c1-6-24-51(25-7-1)58-36-22-38-63-64-39-23-37-59(52-26-8-2-9-27-52)78(64)84(77(58)63)57-47-74-76-75(48-57)83(56-44-45-62-60-34-16-19-41-68(60)80(71(62)46-56)53-28-10-3-11-29-53)73-50-72-65(61-35-17-20-42-69(61)81(72)54-30-12-4-13-31-54)49-67(73)79(76)66-40-18-21-43-70(66)82(74)55-32-14-5-15-33-55/h1-50H. The highest BCUT2D eigenvalue weighted by Gasteiger charge is 2.44. The van der Waals surface area contributed by atoms with Gasteiger partial charge in [-0.2, -0.15) is 0 Å². The molecule has 0 aliphatic carbocycles. The number of para-hydroxylation sites is 8. The highest BCUT2D eigenvalue weighted by atomic mass is 15.2. The Bertz CT molecular complexity index is 5220. The van der Waals surface area contributed by atoms with Gasteiger partial charge in [0.25, 0.3) is 6.71 Å². The van der Waals surface area contributed by atoms with Crippen LogP contribution in [0.2, 0.25) is 0 Å². The van der Waals surface area contributed by atoms with Crippen LogP contribution in [0.25, 0.3) is 105 Å². The number of benzene rings is 13. The monoisotopic (exact) mass is 1070 g/mol. The molecule has 16 aromatic rings. The average molecular weight is 1070 g/mol. The van der Waals surface area contributed by atoms with E-state index in [1.165, 1.54) is 98.7 Å². The molecule has 0 radical (unpaired) electrons. The van der Waals surface area contributed by atoms with Crippen molar-refractivity contribution in [3.8, 4) is 39.3 Å². The van der Waals surface area contributed by atoms with Crippen LogP contribution < -0.4 is 26.2 Å². The Morgan fingerprint density at radius 2 is 0.679 bits per heavy atom. The fraction of sp³-hybridized carbons (Fsp3) is 0. The van der Waals surface area contributed by atoms with Crippen molar-refractivity contribution < 1.29 is 0 Å². The maximum absolute atomic E-state index is 2.62. The lowest BCUT2D eigenvalue weighted by Gasteiger charge is -2.44. The zero-order valence-corrected chi connectivity index (χ0v) is 45.7. The van der Waals surface area contributed by atoms with Crippen LogP contribution in [0.3, 0.4) is 0 Å². The van der Waals surface area contributed by atoms with E-state index in [4.69, 9.17) is 0 Å². The molecule has 5 nitrogen and oxygen atoms in total. The van der Waals surface area contributed by atoms with Crippen LogP contribution in [0.15, 0.2) is 303 Å². The summed E-state index contributed by atoms with van der Waals surface area (Å²) >= 11 is 0. The number of nitrogens with zero attached hydrogens (tertiary/aromatic N) is 5. The third-order valence-corrected chi connectivity index (χ3v) is 17.9. The number of hydrogen-bond donors (Lipinski definition) is 0. The van der Waals surface area contributed by atoms with E-state index in [0.717, 1.165) is 56.5 Å². The van der Waals surface area contributed by atoms with E-state index >= 15 is 0 Å². The summed E-state index contributed by atoms with van der Waals surface area (Å²) in [5.41, 5.74) is 25.5. The molecule has 6 heteroatoms. The van der Waals surface area contributed by atoms with Gasteiger partial charge >= 0.3 is 0 Å². The van der Waals surface area contributed by atoms with Crippen LogP contribution in [0.4, 0.5) is 34.1 Å². The molecule has 0 atom stereocenters. The molecule has 84 heavy (non-hydrogen) atoms. The zero-order valence-electron chi connectivity index (χ0n) is 45.7. The molecule has 0 amide bonds. The summed E-state index contributed by atoms with van der Waals surface area (Å²) in [6.07, 6.45) is 0. The summed E-state index contributed by atoms with van der Waals surface area (Å²) in [4.78, 5) is 5.16. The highest BCUT2D eigenvalue weighted by molar-refractivity contribution is 7.00. The van der Waals surface area contributed by atoms with E-state index < -0.39 is 0 Å². The molecule has 13 aromatic carbocycles. The predicted octanol–water partition coefficient (Wildman–Crippen LogP) is 18.4. The second-order valence-corrected chi connectivity index (χ2v) is 22.4. The van der Waals surface area contributed by atoms with Gasteiger partial charge < -0.3 is 23.5 Å². The van der Waals surface area contributed by atoms with Crippen molar-refractivity contribution in [1.29, 1.82) is 0 Å². The molecular formula is C78H50BN5. The second-order valence-electron chi connectivity index (χ2n) is 22.4. The lowest BCUT2D eigenvalue weighted by molar-refractivity contribution is 1.16. The van der Waals surface area contributed by atoms with Gasteiger partial charge in [-0.25, -0.2) is 0 Å². The normalized spacial score (nSPS) is 12.7. The molecule has 5 heterocycles. The Morgan fingerprint density at radius 3 is 1.26 bits per heavy atom. The molecule has 0 fully saturated rings. The maximum atomic E-state index is 2.62. The van der Waals surface area contributed by atoms with Crippen molar-refractivity contribution in [2.45, 2.75) is 0 Å². The van der Waals surface area contributed by atoms with E-state index in [2.05, 4.69) is 327 Å². The summed E-state index contributed by atoms with van der Waals surface area (Å²) in [5, 5.41) is 7.29. The van der Waals surface area contributed by atoms with Gasteiger partial charge in [-0.05, 0) is 112 Å². The minimum absolute atomic E-state index is 0.132. The first kappa shape index (κ1) is 46.7. The van der Waals surface area contributed by atoms with E-state index in [1.54, 1.807) is 0 Å². The largest absolute Gasteiger partial charge is 0.311 e. The SMILES string of the molecule is c1ccc(-c2cccc3c4cccc(-c5ccccc5)c4n(-c4cc5c6c(c4)N(c4ccc7c8ccccc8n(-c8ccccc8)c7c4)c4cc7c(cc4B6c4ccccc4N5c4ccccc4)c4ccccc4n7-c4ccccc4)c23)cc1. The van der Waals surface area contributed by atoms with E-state index in [9.17, 15) is 0 Å². The van der Waals surface area contributed by atoms with Crippen molar-refractivity contribution in [3.63, 3.8) is 0 Å². The summed E-state index contributed by atoms with van der Waals surface area (Å²) in [6, 6.07) is 113. The molecule has 0 bridgehead atoms. The number of anilines is 6. The molecule has 2 aliphatic heterocycles. The van der Waals surface area contributed by atoms with Crippen molar-refractivity contribution in [1.82, 2.24) is 13.7 Å². The smallest absolute Gasteiger partial charge is 0.252 e. The van der Waals surface area contributed by atoms with Crippen molar-refractivity contribution in [3.05, 3.63) is 303 Å². The molecule has 0 saturated heterocycles. The van der Waals surface area contributed by atoms with Crippen LogP contribution >= 0.6 is 0 Å². The molecule has 390 valence electrons. The lowest BCUT2D eigenvalue weighted by Crippen LogP contribution is -2.61. The lowest BCUT2D eigenvalue weighted by atomic mass is 9.33. The Hall–Kier alpha value is -11.1. The maximum Gasteiger partial charge on any atom is 0.252 e. The van der Waals surface area contributed by atoms with Crippen molar-refractivity contribution >= 4 is 123 Å². The molecule has 0 unspecified atom stereocenters. The average Bonchev–Trinajstić information content (AvgIpc) is 1.54. The van der Waals surface area contributed by atoms with Gasteiger partial charge in [0, 0.05) is 88.9 Å². The van der Waals surface area contributed by atoms with Gasteiger partial charge in [0.2, 0.25) is 0 Å². The fourth-order valence-electron chi connectivity index (χ4n) is 14.5. The van der Waals surface area contributed by atoms with E-state index in [0.29, 0.717) is 0 Å². The number of fused-ring (bicyclic) bond motifs is 13. The Kier molecular flexibility index (Phi) is 10.1. The first-order valence-corrected chi connectivity index (χ1v) is 29.0. The zero-order chi connectivity index (χ0) is 55.0. The molecule has 18 rings (SSSR count). The number of hydrogen-bond acceptors (Lipinski definition) is 2. The molecular weight excluding hydrogens is 1020 g/mol. The molecule has 2 aliphatic rings. The van der Waals surface area contributed by atoms with Gasteiger partial charge in [0.05, 0.1) is 38.8 Å². The second kappa shape index (κ2) is 18.2. The van der Waals surface area contributed by atoms with Gasteiger partial charge in [0.1, 0.15) is 0 Å². The number of aromatic nitrogens is 3. The topological polar surface area (TPSA) is 21.3 Å². The summed E-state index contributed by atoms with van der Waals surface area (Å²) in [7, 11) is 0. The van der Waals surface area contributed by atoms with Crippen molar-refractivity contribution in [2.75, 3.05) is 9.80 Å². The fourth-order valence-corrected chi connectivity index (χ4v) is 14.5. The van der Waals surface area contributed by atoms with Crippen LogP contribution in [-0.4, -0.2) is 20.4 Å². The Morgan fingerprint density at radius 1 is 0.226 bits per heavy atom. The van der Waals surface area contributed by atoms with Gasteiger partial charge in [0.15, 0.2) is 0 Å². The van der Waals surface area contributed by atoms with Crippen molar-refractivity contribution in [2.24, 2.45) is 0 Å². The first-order chi connectivity index (χ1) is 41.7. The molecule has 0 spiro atoms. The molecule has 0 saturated carbocycles. The summed E-state index contributed by atoms with van der Waals surface area (Å²) in [5.74, 6) is 0. The van der Waals surface area contributed by atoms with Gasteiger partial charge in [-0.15, -0.1) is 0 Å².